The van der Waals surface area contributed by atoms with E-state index in [-0.39, 0.29) is 114 Å². The van der Waals surface area contributed by atoms with Gasteiger partial charge in [-0.05, 0) is 112 Å². The Morgan fingerprint density at radius 1 is 0.559 bits per heavy atom. The van der Waals surface area contributed by atoms with Crippen LogP contribution >= 0.6 is 11.8 Å². The van der Waals surface area contributed by atoms with Crippen molar-refractivity contribution in [3.8, 4) is 5.75 Å². The third kappa shape index (κ3) is 28.9. The minimum Gasteiger partial charge on any atom is -0.508 e. The number of carboxylic acids is 1. The van der Waals surface area contributed by atoms with Gasteiger partial charge in [-0.1, -0.05) is 109 Å². The minimum atomic E-state index is -1.89. The molecule has 22 N–H and O–H groups in total. The predicted octanol–water partition coefficient (Wildman–Crippen LogP) is -0.739. The third-order valence-corrected chi connectivity index (χ3v) is 25.8. The van der Waals surface area contributed by atoms with Gasteiger partial charge in [0.15, 0.2) is 5.96 Å². The van der Waals surface area contributed by atoms with Crippen molar-refractivity contribution >= 4 is 140 Å². The number of carbonyl (C=O) groups is 17. The van der Waals surface area contributed by atoms with E-state index in [1.807, 2.05) is 13.8 Å². The second-order valence-corrected chi connectivity index (χ2v) is 36.2. The number of thioether (sulfide) groups is 1. The number of aromatic nitrogens is 4. The van der Waals surface area contributed by atoms with Gasteiger partial charge in [0.05, 0.1) is 37.3 Å². The zero-order chi connectivity index (χ0) is 99.3. The van der Waals surface area contributed by atoms with Crippen LogP contribution < -0.4 is 70.0 Å². The van der Waals surface area contributed by atoms with Gasteiger partial charge < -0.3 is 125 Å². The van der Waals surface area contributed by atoms with E-state index in [0.29, 0.717) is 64.2 Å². The second kappa shape index (κ2) is 50.6. The highest BCUT2D eigenvalue weighted by Crippen LogP contribution is 2.32. The van der Waals surface area contributed by atoms with Crippen LogP contribution in [-0.2, 0) is 101 Å². The van der Waals surface area contributed by atoms with E-state index in [4.69, 9.17) is 16.9 Å². The lowest BCUT2D eigenvalue weighted by Crippen LogP contribution is -2.62. The molecule has 16 amide bonds. The largest absolute Gasteiger partial charge is 0.508 e. The van der Waals surface area contributed by atoms with Crippen LogP contribution in [0.5, 0.6) is 5.75 Å². The van der Waals surface area contributed by atoms with Gasteiger partial charge in [0.25, 0.3) is 0 Å². The number of amides is 16. The van der Waals surface area contributed by atoms with Crippen molar-refractivity contribution in [3.05, 3.63) is 120 Å². The molecule has 738 valence electrons. The van der Waals surface area contributed by atoms with Crippen molar-refractivity contribution in [2.24, 2.45) is 17.4 Å². The van der Waals surface area contributed by atoms with E-state index in [1.165, 1.54) is 69.8 Å². The number of H-pyrrole nitrogens is 3. The van der Waals surface area contributed by atoms with E-state index >= 15 is 38.4 Å². The van der Waals surface area contributed by atoms with Gasteiger partial charge in [-0.2, -0.15) is 0 Å². The highest BCUT2D eigenvalue weighted by Gasteiger charge is 2.46. The summed E-state index contributed by atoms with van der Waals surface area (Å²) in [5.74, 6) is -19.2. The number of guanidine groups is 1. The highest BCUT2D eigenvalue weighted by atomic mass is 32.2. The number of carboxylic acid groups (broad SMARTS) is 1. The van der Waals surface area contributed by atoms with Gasteiger partial charge in [-0.25, -0.2) is 4.98 Å². The lowest BCUT2D eigenvalue weighted by Gasteiger charge is -2.37. The molecule has 43 nitrogen and oxygen atoms in total. The van der Waals surface area contributed by atoms with E-state index < -0.39 is 228 Å². The number of nitrogens with one attached hydrogen (secondary N) is 15. The van der Waals surface area contributed by atoms with Crippen molar-refractivity contribution in [2.75, 3.05) is 65.4 Å². The SMILES string of the molecule is CCCC[C@H]1C(=O)N(C)[C@@H](CCCC)C(=O)N[C@@H](CCCNC(=N)N)C(=O)N[C@H](C(=O)NCC(N)=O)CSCC(=O)N[C@@H](Cc2ccc(O)cc2)C(=O)N(C)[C@@H](C)C(=O)N[C@@H](CC(=O)O)C(=O)N2CCC[C@H]2C(=O)N[C@@H](Cc2c[nH]cn2)C(=O)N[C@@H](CC(C)C)C(=O)N2CCC[C@H]2C(=O)N[C@@H](Cc2c[nH]c3ccccc23)C(=O)N[C@@H](CO)C(=O)N[C@@H]([C@@H](C)c2c[nH]c3ccccc23)C(=O)N1C. The number of hydrogen-bond acceptors (Lipinski definition) is 22. The van der Waals surface area contributed by atoms with Crippen LogP contribution in [0.25, 0.3) is 21.8 Å². The highest BCUT2D eigenvalue weighted by molar-refractivity contribution is 8.00. The first-order valence-electron chi connectivity index (χ1n) is 45.9. The summed E-state index contributed by atoms with van der Waals surface area (Å²) in [7, 11) is 3.91. The molecule has 0 radical (unpaired) electrons. The molecule has 3 aliphatic rings. The van der Waals surface area contributed by atoms with Crippen LogP contribution in [-0.4, -0.2) is 316 Å². The summed E-state index contributed by atoms with van der Waals surface area (Å²) in [4.78, 5) is 270. The average Bonchev–Trinajstić information content (AvgIpc) is 1.54. The molecule has 3 aliphatic heterocycles. The molecule has 44 heteroatoms. The molecule has 6 aromatic rings. The minimum absolute atomic E-state index is 0.00684. The van der Waals surface area contributed by atoms with Gasteiger partial charge >= 0.3 is 5.97 Å². The number of aromatic amines is 3. The first-order valence-corrected chi connectivity index (χ1v) is 47.0. The van der Waals surface area contributed by atoms with Gasteiger partial charge in [0.2, 0.25) is 94.5 Å². The number of nitrogens with zero attached hydrogens (tertiary/aromatic N) is 6. The first kappa shape index (κ1) is 106. The molecule has 0 bridgehead atoms. The molecule has 9 rings (SSSR count). The molecule has 3 fully saturated rings. The van der Waals surface area contributed by atoms with Crippen LogP contribution in [0.1, 0.15) is 160 Å². The van der Waals surface area contributed by atoms with Crippen molar-refractivity contribution in [1.29, 1.82) is 5.41 Å². The molecule has 0 saturated carbocycles. The lowest BCUT2D eigenvalue weighted by molar-refractivity contribution is -0.150. The number of aliphatic carboxylic acids is 1. The zero-order valence-electron chi connectivity index (χ0n) is 78.0. The van der Waals surface area contributed by atoms with Crippen LogP contribution in [0.3, 0.4) is 0 Å². The Bertz CT molecular complexity index is 5240. The molecule has 6 heterocycles. The quantitative estimate of drug-likeness (QED) is 0.0181. The first-order chi connectivity index (χ1) is 64.8. The number of imidazole rings is 1. The fraction of sp³-hybridized carbons (Fsp3) is 0.533. The fourth-order valence-electron chi connectivity index (χ4n) is 17.0. The molecule has 15 atom stereocenters. The number of phenolic OH excluding ortho intramolecular Hbond substituents is 1. The van der Waals surface area contributed by atoms with Crippen LogP contribution in [0.15, 0.2) is 97.7 Å². The Morgan fingerprint density at radius 2 is 1.11 bits per heavy atom. The van der Waals surface area contributed by atoms with Crippen LogP contribution in [0, 0.1) is 11.3 Å². The number of primary amides is 1. The molecule has 3 saturated heterocycles. The number of aromatic hydroxyl groups is 1. The molecular formula is C92H129N23O20S. The van der Waals surface area contributed by atoms with Crippen molar-refractivity contribution < 1.29 is 96.8 Å². The molecule has 0 aliphatic carbocycles. The molecule has 136 heavy (non-hydrogen) atoms. The monoisotopic (exact) mass is 1910 g/mol. The Labute approximate surface area is 791 Å². The summed E-state index contributed by atoms with van der Waals surface area (Å²) in [6.07, 6.45) is 6.07. The maximum Gasteiger partial charge on any atom is 0.305 e. The number of unbranched alkanes of at least 4 members (excludes halogenated alkanes) is 2. The predicted molar refractivity (Wildman–Crippen MR) is 502 cm³/mol. The lowest BCUT2D eigenvalue weighted by atomic mass is 9.91. The van der Waals surface area contributed by atoms with E-state index in [1.54, 1.807) is 81.7 Å². The summed E-state index contributed by atoms with van der Waals surface area (Å²) in [5.41, 5.74) is 14.1. The fourth-order valence-corrected chi connectivity index (χ4v) is 17.9. The van der Waals surface area contributed by atoms with Gasteiger partial charge in [0.1, 0.15) is 90.3 Å². The Hall–Kier alpha value is -13.7. The van der Waals surface area contributed by atoms with Gasteiger partial charge in [-0.15, -0.1) is 11.8 Å². The number of rotatable bonds is 26. The summed E-state index contributed by atoms with van der Waals surface area (Å²) in [6, 6.07) is -1.81. The van der Waals surface area contributed by atoms with Crippen LogP contribution in [0.2, 0.25) is 0 Å². The number of hydrogen-bond donors (Lipinski definition) is 20. The van der Waals surface area contributed by atoms with Crippen molar-refractivity contribution in [1.82, 2.24) is 103 Å². The number of aliphatic hydroxyl groups is 1. The van der Waals surface area contributed by atoms with Crippen LogP contribution in [0.4, 0.5) is 0 Å². The summed E-state index contributed by atoms with van der Waals surface area (Å²) in [5, 5.41) is 70.2. The Morgan fingerprint density at radius 3 is 1.71 bits per heavy atom. The number of likely N-dealkylation sites (N-methyl/N-ethyl adjacent to an activating group) is 3. The van der Waals surface area contributed by atoms with E-state index in [2.05, 4.69) is 78.4 Å². The maximum absolute atomic E-state index is 16.0. The molecule has 3 aromatic carbocycles. The molecular weight excluding hydrogens is 1780 g/mol. The maximum atomic E-state index is 16.0. The number of nitrogens with two attached hydrogens (primary N) is 2. The summed E-state index contributed by atoms with van der Waals surface area (Å²) >= 11 is 0.756. The zero-order valence-corrected chi connectivity index (χ0v) is 78.8. The Balaban J connectivity index is 1.10. The average molecular weight is 1910 g/mol. The normalized spacial score (nSPS) is 24.4. The number of fused-ring (bicyclic) bond motifs is 4. The van der Waals surface area contributed by atoms with Gasteiger partial charge in [0, 0.05) is 112 Å². The molecule has 0 spiro atoms. The number of aliphatic hydroxyl groups excluding tert-OH is 1. The number of benzene rings is 3. The Kier molecular flexibility index (Phi) is 39.4. The van der Waals surface area contributed by atoms with Crippen molar-refractivity contribution in [2.45, 2.75) is 241 Å². The van der Waals surface area contributed by atoms with Gasteiger partial charge in [-0.3, -0.25) is 86.9 Å². The summed E-state index contributed by atoms with van der Waals surface area (Å²) in [6.45, 7) is 8.18. The number of para-hydroxylation sites is 2. The number of carbonyl (C=O) groups excluding carboxylic acids is 16. The molecule has 0 unspecified atom stereocenters. The molecule has 3 aromatic heterocycles. The summed E-state index contributed by atoms with van der Waals surface area (Å²) < 4.78 is 0. The van der Waals surface area contributed by atoms with E-state index in [0.717, 1.165) is 31.4 Å². The standard InChI is InChI=1S/C92H129N23O20S/c1-10-12-26-70-84(128)103-62(25-18-34-97-92(94)95)80(124)109-69(79(123)100-45-74(93)118)47-136-48-75(119)102-66(38-53-30-32-56(117)33-31-53)87(131)111(7)52(6)78(122)106-67(41-76(120)121)89(133)115-36-20-29-72(115)86(130)105-64(40-55-43-96-49-101-55)82(126)107-65(37-50(3)4)88(132)114-35-19-28-71(114)85(129)104-63(39-54-42-98-60-23-16-14-21-57(54)60)81(125)108-68(46-116)83(127)110-77(51(5)59-44-99-61-24-17-15-22-58(59)61)91(135)113(9)73(27-13-11-2)90(134)112(70)8/h14-17,21-24,30-33,42-44,49-52,62-73,77,98-99,116-117H,10-13,18-20,25-29,34-41,45-48H2,1-9H3,(H2,93,118)(H,96,101)(H,100,123)(H,102,119)(H,103,128)(H,104,129)(H,105,130)(H,106,122)(H,107,126)(H,108,125)(H,109,124)(H,110,127)(H,120,121)(H4,94,95,97)/t51-,52-,62-,63-,64-,65-,66-,67-,68-,69-,70-,71-,72-,73-,77-/m0/s1. The third-order valence-electron chi connectivity index (χ3n) is 24.7. The van der Waals surface area contributed by atoms with Crippen molar-refractivity contribution in [3.63, 3.8) is 0 Å². The second-order valence-electron chi connectivity index (χ2n) is 35.1. The van der Waals surface area contributed by atoms with E-state index in [9.17, 15) is 58.5 Å². The smallest absolute Gasteiger partial charge is 0.305 e. The topological polar surface area (TPSA) is 636 Å². The number of phenols is 1.